The van der Waals surface area contributed by atoms with Gasteiger partial charge in [0.2, 0.25) is 0 Å². The minimum absolute atomic E-state index is 0.769. The number of hydrogen-bond donors (Lipinski definition) is 0. The third kappa shape index (κ3) is 3.39. The maximum Gasteiger partial charge on any atom is 0.126 e. The van der Waals surface area contributed by atoms with Crippen LogP contribution in [0, 0.1) is 6.92 Å². The fourth-order valence-electron chi connectivity index (χ4n) is 3.65. The van der Waals surface area contributed by atoms with E-state index in [1.165, 1.54) is 11.1 Å². The Balaban J connectivity index is 1.55. The number of nitrogens with zero attached hydrogens (tertiary/aromatic N) is 3. The Morgan fingerprint density at radius 3 is 2.03 bits per heavy atom. The molecule has 29 heavy (non-hydrogen) atoms. The van der Waals surface area contributed by atoms with E-state index in [2.05, 4.69) is 75.6 Å². The van der Waals surface area contributed by atoms with Crippen LogP contribution >= 0.6 is 0 Å². The van der Waals surface area contributed by atoms with Crippen LogP contribution in [0.5, 0.6) is 0 Å². The highest BCUT2D eigenvalue weighted by Crippen LogP contribution is 2.30. The van der Waals surface area contributed by atoms with Gasteiger partial charge in [0.1, 0.15) is 5.82 Å². The van der Waals surface area contributed by atoms with Crippen molar-refractivity contribution in [2.24, 2.45) is 0 Å². The molecule has 5 rings (SSSR count). The molecule has 3 nitrogen and oxygen atoms in total. The van der Waals surface area contributed by atoms with Gasteiger partial charge in [0.25, 0.3) is 0 Å². The number of aromatic nitrogens is 3. The second-order valence-corrected chi connectivity index (χ2v) is 7.00. The van der Waals surface area contributed by atoms with E-state index >= 15 is 0 Å². The van der Waals surface area contributed by atoms with Crippen LogP contribution in [0.4, 0.5) is 0 Å². The van der Waals surface area contributed by atoms with E-state index in [9.17, 15) is 0 Å². The molecule has 0 amide bonds. The lowest BCUT2D eigenvalue weighted by atomic mass is 9.98. The van der Waals surface area contributed by atoms with Gasteiger partial charge in [-0.05, 0) is 36.2 Å². The smallest absolute Gasteiger partial charge is 0.126 e. The molecule has 0 saturated heterocycles. The Labute approximate surface area is 169 Å². The maximum absolute atomic E-state index is 4.66. The Kier molecular flexibility index (Phi) is 4.34. The molecule has 0 N–H and O–H groups in total. The van der Waals surface area contributed by atoms with E-state index < -0.39 is 0 Å². The highest BCUT2D eigenvalue weighted by atomic mass is 14.9. The van der Waals surface area contributed by atoms with Crippen molar-refractivity contribution in [3.8, 4) is 33.6 Å². The average molecular weight is 373 g/mol. The first kappa shape index (κ1) is 17.3. The molecule has 138 valence electrons. The summed E-state index contributed by atoms with van der Waals surface area (Å²) in [5.74, 6) is 0.769. The van der Waals surface area contributed by atoms with Gasteiger partial charge in [-0.3, -0.25) is 4.98 Å². The van der Waals surface area contributed by atoms with Crippen molar-refractivity contribution >= 4 is 10.9 Å². The fourth-order valence-corrected chi connectivity index (χ4v) is 3.65. The molecule has 0 spiro atoms. The van der Waals surface area contributed by atoms with Crippen LogP contribution in [0.3, 0.4) is 0 Å². The molecule has 3 heteroatoms. The molecular weight excluding hydrogens is 354 g/mol. The lowest BCUT2D eigenvalue weighted by Gasteiger charge is -2.09. The number of rotatable bonds is 3. The molecule has 0 aliphatic rings. The Bertz CT molecular complexity index is 1290. The van der Waals surface area contributed by atoms with E-state index in [1.54, 1.807) is 0 Å². The number of aryl methyl sites for hydroxylation is 1. The van der Waals surface area contributed by atoms with Crippen molar-refractivity contribution in [3.63, 3.8) is 0 Å². The molecule has 0 radical (unpaired) electrons. The van der Waals surface area contributed by atoms with Crippen LogP contribution in [-0.2, 0) is 0 Å². The minimum atomic E-state index is 0.769. The molecule has 0 atom stereocenters. The van der Waals surface area contributed by atoms with Gasteiger partial charge in [-0.25, -0.2) is 9.97 Å². The zero-order valence-electron chi connectivity index (χ0n) is 16.1. The van der Waals surface area contributed by atoms with E-state index in [-0.39, 0.29) is 0 Å². The van der Waals surface area contributed by atoms with Crippen LogP contribution in [0.15, 0.2) is 97.2 Å². The lowest BCUT2D eigenvalue weighted by molar-refractivity contribution is 1.06. The molecule has 0 bridgehead atoms. The average Bonchev–Trinajstić information content (AvgIpc) is 2.79. The first-order valence-corrected chi connectivity index (χ1v) is 9.63. The van der Waals surface area contributed by atoms with Crippen LogP contribution in [0.25, 0.3) is 44.5 Å². The van der Waals surface area contributed by atoms with Crippen LogP contribution in [0.2, 0.25) is 0 Å². The highest BCUT2D eigenvalue weighted by Gasteiger charge is 2.08. The molecular formula is C26H19N3. The standard InChI is InChI=1S/C26H19N3/c1-18-28-25(20-7-3-2-4-8-20)17-26(29-18)21-14-12-19(13-15-21)22-9-5-11-24-23(22)10-6-16-27-24/h2-17H,1H3. The van der Waals surface area contributed by atoms with Crippen molar-refractivity contribution in [1.29, 1.82) is 0 Å². The third-order valence-electron chi connectivity index (χ3n) is 5.04. The molecule has 0 fully saturated rings. The summed E-state index contributed by atoms with van der Waals surface area (Å²) < 4.78 is 0. The third-order valence-corrected chi connectivity index (χ3v) is 5.04. The van der Waals surface area contributed by atoms with Gasteiger partial charge < -0.3 is 0 Å². The summed E-state index contributed by atoms with van der Waals surface area (Å²) in [6, 6.07) is 31.2. The summed E-state index contributed by atoms with van der Waals surface area (Å²) in [5.41, 5.74) is 7.41. The highest BCUT2D eigenvalue weighted by molar-refractivity contribution is 5.94. The largest absolute Gasteiger partial charge is 0.256 e. The molecule has 5 aromatic rings. The summed E-state index contributed by atoms with van der Waals surface area (Å²) in [7, 11) is 0. The van der Waals surface area contributed by atoms with Gasteiger partial charge in [0.05, 0.1) is 16.9 Å². The Morgan fingerprint density at radius 1 is 0.586 bits per heavy atom. The van der Waals surface area contributed by atoms with Gasteiger partial charge in [0.15, 0.2) is 0 Å². The van der Waals surface area contributed by atoms with E-state index in [4.69, 9.17) is 0 Å². The van der Waals surface area contributed by atoms with Crippen LogP contribution in [0.1, 0.15) is 5.82 Å². The van der Waals surface area contributed by atoms with Crippen LogP contribution in [-0.4, -0.2) is 15.0 Å². The molecule has 0 saturated carbocycles. The van der Waals surface area contributed by atoms with Gasteiger partial charge in [-0.15, -0.1) is 0 Å². The molecule has 3 aromatic carbocycles. The molecule has 2 heterocycles. The van der Waals surface area contributed by atoms with E-state index in [1.807, 2.05) is 43.5 Å². The first-order chi connectivity index (χ1) is 14.3. The fraction of sp³-hybridized carbons (Fsp3) is 0.0385. The minimum Gasteiger partial charge on any atom is -0.256 e. The van der Waals surface area contributed by atoms with Crippen LogP contribution < -0.4 is 0 Å². The van der Waals surface area contributed by atoms with Gasteiger partial charge >= 0.3 is 0 Å². The first-order valence-electron chi connectivity index (χ1n) is 9.63. The number of pyridine rings is 1. The van der Waals surface area contributed by atoms with Crippen molar-refractivity contribution in [3.05, 3.63) is 103 Å². The summed E-state index contributed by atoms with van der Waals surface area (Å²) in [4.78, 5) is 13.7. The van der Waals surface area contributed by atoms with Crippen molar-refractivity contribution in [2.75, 3.05) is 0 Å². The van der Waals surface area contributed by atoms with Gasteiger partial charge in [0, 0.05) is 22.7 Å². The van der Waals surface area contributed by atoms with E-state index in [0.717, 1.165) is 39.2 Å². The van der Waals surface area contributed by atoms with Crippen molar-refractivity contribution in [2.45, 2.75) is 6.92 Å². The topological polar surface area (TPSA) is 38.7 Å². The second kappa shape index (κ2) is 7.28. The normalized spacial score (nSPS) is 10.9. The predicted octanol–water partition coefficient (Wildman–Crippen LogP) is 6.33. The molecule has 0 unspecified atom stereocenters. The zero-order valence-corrected chi connectivity index (χ0v) is 16.1. The second-order valence-electron chi connectivity index (χ2n) is 7.00. The zero-order chi connectivity index (χ0) is 19.6. The monoisotopic (exact) mass is 373 g/mol. The Morgan fingerprint density at radius 2 is 1.28 bits per heavy atom. The number of benzene rings is 3. The summed E-state index contributed by atoms with van der Waals surface area (Å²) in [5, 5.41) is 1.16. The SMILES string of the molecule is Cc1nc(-c2ccccc2)cc(-c2ccc(-c3cccc4ncccc34)cc2)n1. The lowest BCUT2D eigenvalue weighted by Crippen LogP contribution is -1.94. The molecule has 0 aliphatic carbocycles. The van der Waals surface area contributed by atoms with Crippen molar-refractivity contribution < 1.29 is 0 Å². The predicted molar refractivity (Wildman–Crippen MR) is 118 cm³/mol. The number of fused-ring (bicyclic) bond motifs is 1. The van der Waals surface area contributed by atoms with E-state index in [0.29, 0.717) is 0 Å². The summed E-state index contributed by atoms with van der Waals surface area (Å²) in [6.45, 7) is 1.94. The molecule has 2 aromatic heterocycles. The quantitative estimate of drug-likeness (QED) is 0.371. The molecule has 0 aliphatic heterocycles. The number of hydrogen-bond acceptors (Lipinski definition) is 3. The maximum atomic E-state index is 4.66. The summed E-state index contributed by atoms with van der Waals surface area (Å²) in [6.07, 6.45) is 1.83. The van der Waals surface area contributed by atoms with Gasteiger partial charge in [-0.1, -0.05) is 72.8 Å². The summed E-state index contributed by atoms with van der Waals surface area (Å²) >= 11 is 0. The van der Waals surface area contributed by atoms with Gasteiger partial charge in [-0.2, -0.15) is 0 Å². The Hall–Kier alpha value is -3.85. The van der Waals surface area contributed by atoms with Crippen molar-refractivity contribution in [1.82, 2.24) is 15.0 Å².